The Bertz CT molecular complexity index is 1010. The minimum Gasteiger partial charge on any atom is -0.465 e. The molecule has 0 radical (unpaired) electrons. The second-order valence-electron chi connectivity index (χ2n) is 5.75. The van der Waals surface area contributed by atoms with Crippen molar-refractivity contribution in [3.8, 4) is 10.4 Å². The maximum absolute atomic E-state index is 12.2. The van der Waals surface area contributed by atoms with Gasteiger partial charge in [-0.15, -0.1) is 11.3 Å². The van der Waals surface area contributed by atoms with Crippen molar-refractivity contribution in [3.63, 3.8) is 0 Å². The molecule has 3 aromatic rings. The number of ether oxygens (including phenoxy) is 1. The molecule has 28 heavy (non-hydrogen) atoms. The minimum absolute atomic E-state index is 0.373. The first-order valence-electron chi connectivity index (χ1n) is 8.24. The van der Waals surface area contributed by atoms with Gasteiger partial charge in [-0.1, -0.05) is 59.6 Å². The third kappa shape index (κ3) is 5.02. The lowest BCUT2D eigenvalue weighted by molar-refractivity contribution is 0.0602. The van der Waals surface area contributed by atoms with Crippen LogP contribution in [0.5, 0.6) is 0 Å². The highest BCUT2D eigenvalue weighted by atomic mass is 35.5. The fourth-order valence-corrected chi connectivity index (χ4v) is 4.25. The fourth-order valence-electron chi connectivity index (χ4n) is 2.48. The maximum Gasteiger partial charge on any atom is 0.340 e. The average molecular weight is 451 g/mol. The Balaban J connectivity index is 1.75. The van der Waals surface area contributed by atoms with Crippen molar-refractivity contribution in [2.45, 2.75) is 6.54 Å². The highest BCUT2D eigenvalue weighted by Crippen LogP contribution is 2.35. The number of thiocarbonyl (C=S) groups is 1. The van der Waals surface area contributed by atoms with E-state index >= 15 is 0 Å². The molecule has 0 bridgehead atoms. The summed E-state index contributed by atoms with van der Waals surface area (Å²) in [6, 6.07) is 16.9. The fraction of sp³-hybridized carbons (Fsp3) is 0.100. The topological polar surface area (TPSA) is 50.4 Å². The van der Waals surface area contributed by atoms with E-state index in [0.717, 1.165) is 16.0 Å². The van der Waals surface area contributed by atoms with Crippen LogP contribution in [-0.2, 0) is 11.3 Å². The first kappa shape index (κ1) is 20.6. The number of benzene rings is 2. The van der Waals surface area contributed by atoms with Crippen LogP contribution in [0, 0.1) is 0 Å². The number of hydrogen-bond donors (Lipinski definition) is 2. The van der Waals surface area contributed by atoms with Gasteiger partial charge < -0.3 is 15.4 Å². The van der Waals surface area contributed by atoms with Gasteiger partial charge in [0.05, 0.1) is 12.7 Å². The molecule has 0 fully saturated rings. The van der Waals surface area contributed by atoms with Gasteiger partial charge in [0.1, 0.15) is 5.00 Å². The number of anilines is 1. The van der Waals surface area contributed by atoms with Crippen LogP contribution in [0.4, 0.5) is 5.00 Å². The van der Waals surface area contributed by atoms with Crippen molar-refractivity contribution in [1.29, 1.82) is 0 Å². The predicted molar refractivity (Wildman–Crippen MR) is 121 cm³/mol. The second-order valence-corrected chi connectivity index (χ2v) is 8.06. The van der Waals surface area contributed by atoms with Crippen molar-refractivity contribution in [3.05, 3.63) is 75.8 Å². The summed E-state index contributed by atoms with van der Waals surface area (Å²) in [5.74, 6) is -0.426. The SMILES string of the molecule is COC(=O)c1cc(-c2ccccc2)sc1NC(=S)NCc1ccc(Cl)cc1Cl. The zero-order valence-corrected chi connectivity index (χ0v) is 17.9. The normalized spacial score (nSPS) is 10.4. The van der Waals surface area contributed by atoms with E-state index in [0.29, 0.717) is 32.3 Å². The lowest BCUT2D eigenvalue weighted by Gasteiger charge is -2.11. The standard InChI is InChI=1S/C20H16Cl2N2O2S2/c1-26-19(25)15-10-17(12-5-3-2-4-6-12)28-18(15)24-20(27)23-11-13-7-8-14(21)9-16(13)22/h2-10H,11H2,1H3,(H2,23,24,27). The van der Waals surface area contributed by atoms with E-state index in [4.69, 9.17) is 40.2 Å². The Hall–Kier alpha value is -2.12. The number of hydrogen-bond acceptors (Lipinski definition) is 4. The lowest BCUT2D eigenvalue weighted by Crippen LogP contribution is -2.28. The third-order valence-electron chi connectivity index (χ3n) is 3.88. The number of nitrogens with one attached hydrogen (secondary N) is 2. The predicted octanol–water partition coefficient (Wildman–Crippen LogP) is 6.00. The van der Waals surface area contributed by atoms with Crippen LogP contribution in [0.1, 0.15) is 15.9 Å². The van der Waals surface area contributed by atoms with Crippen LogP contribution in [0.15, 0.2) is 54.6 Å². The maximum atomic E-state index is 12.2. The van der Waals surface area contributed by atoms with Crippen molar-refractivity contribution in [2.24, 2.45) is 0 Å². The van der Waals surface area contributed by atoms with Gasteiger partial charge in [-0.25, -0.2) is 4.79 Å². The van der Waals surface area contributed by atoms with Gasteiger partial charge in [-0.2, -0.15) is 0 Å². The number of carbonyl (C=O) groups excluding carboxylic acids is 1. The van der Waals surface area contributed by atoms with Crippen LogP contribution >= 0.6 is 46.8 Å². The summed E-state index contributed by atoms with van der Waals surface area (Å²) in [5, 5.41) is 8.29. The molecule has 0 aliphatic carbocycles. The molecule has 0 amide bonds. The molecule has 1 heterocycles. The average Bonchev–Trinajstić information content (AvgIpc) is 3.11. The summed E-state index contributed by atoms with van der Waals surface area (Å²) < 4.78 is 4.90. The van der Waals surface area contributed by atoms with Crippen LogP contribution in [-0.4, -0.2) is 18.2 Å². The number of thiophene rings is 1. The summed E-state index contributed by atoms with van der Waals surface area (Å²) >= 11 is 18.9. The molecule has 1 aromatic heterocycles. The molecule has 0 saturated carbocycles. The Morgan fingerprint density at radius 3 is 2.57 bits per heavy atom. The zero-order chi connectivity index (χ0) is 20.1. The van der Waals surface area contributed by atoms with E-state index in [1.54, 1.807) is 18.2 Å². The van der Waals surface area contributed by atoms with Crippen molar-refractivity contribution >= 4 is 62.8 Å². The van der Waals surface area contributed by atoms with Crippen molar-refractivity contribution in [1.82, 2.24) is 5.32 Å². The summed E-state index contributed by atoms with van der Waals surface area (Å²) in [5.41, 5.74) is 2.30. The first-order chi connectivity index (χ1) is 13.5. The molecular formula is C20H16Cl2N2O2S2. The summed E-state index contributed by atoms with van der Waals surface area (Å²) in [6.07, 6.45) is 0. The Morgan fingerprint density at radius 2 is 1.89 bits per heavy atom. The highest BCUT2D eigenvalue weighted by Gasteiger charge is 2.18. The van der Waals surface area contributed by atoms with Gasteiger partial charge in [0.25, 0.3) is 0 Å². The van der Waals surface area contributed by atoms with Crippen LogP contribution in [0.3, 0.4) is 0 Å². The van der Waals surface area contributed by atoms with E-state index in [1.807, 2.05) is 36.4 Å². The van der Waals surface area contributed by atoms with Gasteiger partial charge >= 0.3 is 5.97 Å². The zero-order valence-electron chi connectivity index (χ0n) is 14.8. The van der Waals surface area contributed by atoms with Gasteiger partial charge in [0.2, 0.25) is 0 Å². The smallest absolute Gasteiger partial charge is 0.340 e. The molecule has 0 saturated heterocycles. The molecule has 0 spiro atoms. The number of methoxy groups -OCH3 is 1. The van der Waals surface area contributed by atoms with Gasteiger partial charge in [0, 0.05) is 21.5 Å². The molecule has 0 aliphatic rings. The lowest BCUT2D eigenvalue weighted by atomic mass is 10.1. The molecule has 4 nitrogen and oxygen atoms in total. The Labute approximate surface area is 182 Å². The Morgan fingerprint density at radius 1 is 1.14 bits per heavy atom. The number of rotatable bonds is 5. The monoisotopic (exact) mass is 450 g/mol. The largest absolute Gasteiger partial charge is 0.465 e. The summed E-state index contributed by atoms with van der Waals surface area (Å²) in [6.45, 7) is 0.423. The van der Waals surface area contributed by atoms with E-state index in [2.05, 4.69) is 10.6 Å². The van der Waals surface area contributed by atoms with E-state index in [-0.39, 0.29) is 0 Å². The number of halogens is 2. The summed E-state index contributed by atoms with van der Waals surface area (Å²) in [4.78, 5) is 13.1. The molecule has 144 valence electrons. The third-order valence-corrected chi connectivity index (χ3v) is 5.81. The quantitative estimate of drug-likeness (QED) is 0.368. The van der Waals surface area contributed by atoms with E-state index in [1.165, 1.54) is 18.4 Å². The second kappa shape index (κ2) is 9.39. The molecule has 2 N–H and O–H groups in total. The molecule has 3 rings (SSSR count). The van der Waals surface area contributed by atoms with E-state index < -0.39 is 5.97 Å². The van der Waals surface area contributed by atoms with Gasteiger partial charge in [0.15, 0.2) is 5.11 Å². The molecule has 0 unspecified atom stereocenters. The molecule has 0 aliphatic heterocycles. The van der Waals surface area contributed by atoms with E-state index in [9.17, 15) is 4.79 Å². The molecule has 8 heteroatoms. The molecule has 2 aromatic carbocycles. The minimum atomic E-state index is -0.426. The van der Waals surface area contributed by atoms with Crippen LogP contribution < -0.4 is 10.6 Å². The molecule has 0 atom stereocenters. The van der Waals surface area contributed by atoms with Crippen LogP contribution in [0.25, 0.3) is 10.4 Å². The molecular weight excluding hydrogens is 435 g/mol. The highest BCUT2D eigenvalue weighted by molar-refractivity contribution is 7.80. The van der Waals surface area contributed by atoms with Gasteiger partial charge in [-0.3, -0.25) is 0 Å². The Kier molecular flexibility index (Phi) is 6.91. The number of esters is 1. The summed E-state index contributed by atoms with van der Waals surface area (Å²) in [7, 11) is 1.35. The number of carbonyl (C=O) groups is 1. The van der Waals surface area contributed by atoms with Gasteiger partial charge in [-0.05, 0) is 41.5 Å². The van der Waals surface area contributed by atoms with Crippen molar-refractivity contribution < 1.29 is 9.53 Å². The van der Waals surface area contributed by atoms with Crippen LogP contribution in [0.2, 0.25) is 10.0 Å². The van der Waals surface area contributed by atoms with Crippen molar-refractivity contribution in [2.75, 3.05) is 12.4 Å². The first-order valence-corrected chi connectivity index (χ1v) is 10.2.